The number of amides is 1. The van der Waals surface area contributed by atoms with Gasteiger partial charge in [0.25, 0.3) is 0 Å². The van der Waals surface area contributed by atoms with E-state index in [2.05, 4.69) is 0 Å². The molecule has 0 spiro atoms. The number of phenolic OH excluding ortho intramolecular Hbond substituents is 1. The van der Waals surface area contributed by atoms with Crippen LogP contribution in [0.5, 0.6) is 5.75 Å². The molecule has 2 saturated carbocycles. The average Bonchev–Trinajstić information content (AvgIpc) is 3.29. The van der Waals surface area contributed by atoms with Gasteiger partial charge in [0.1, 0.15) is 5.75 Å². The molecule has 2 aromatic rings. The summed E-state index contributed by atoms with van der Waals surface area (Å²) in [6, 6.07) is 3.39. The normalized spacial score (nSPS) is 31.1. The first-order chi connectivity index (χ1) is 17.4. The lowest BCUT2D eigenvalue weighted by Gasteiger charge is -2.52. The number of ketones is 4. The number of likely N-dealkylation sites (N-methyl/N-ethyl adjacent to an activating group) is 1. The van der Waals surface area contributed by atoms with Crippen LogP contribution in [-0.4, -0.2) is 76.2 Å². The number of nitrogens with two attached hydrogens (primary N) is 1. The molecule has 192 valence electrons. The molecule has 1 heterocycles. The number of aliphatic hydroxyl groups is 1. The van der Waals surface area contributed by atoms with Crippen LogP contribution in [0.15, 0.2) is 23.6 Å². The van der Waals surface area contributed by atoms with Gasteiger partial charge in [-0.05, 0) is 67.6 Å². The number of aldehydes is 1. The topological polar surface area (TPSA) is 172 Å². The third kappa shape index (κ3) is 3.30. The predicted octanol–water partition coefficient (Wildman–Crippen LogP) is 0.408. The minimum absolute atomic E-state index is 0.0377. The van der Waals surface area contributed by atoms with Crippen LogP contribution in [0.4, 0.5) is 0 Å². The second kappa shape index (κ2) is 8.51. The number of carbonyl (C=O) groups is 6. The van der Waals surface area contributed by atoms with Gasteiger partial charge in [0.15, 0.2) is 40.9 Å². The zero-order valence-electron chi connectivity index (χ0n) is 20.0. The van der Waals surface area contributed by atoms with E-state index in [9.17, 15) is 39.0 Å². The smallest absolute Gasteiger partial charge is 0.235 e. The summed E-state index contributed by atoms with van der Waals surface area (Å²) in [5.74, 6) is -10.9. The van der Waals surface area contributed by atoms with Gasteiger partial charge in [-0.3, -0.25) is 33.7 Å². The second-order valence-corrected chi connectivity index (χ2v) is 11.0. The molecule has 0 bridgehead atoms. The summed E-state index contributed by atoms with van der Waals surface area (Å²) < 4.78 is 0. The molecule has 4 N–H and O–H groups in total. The number of hydrogen-bond donors (Lipinski definition) is 3. The summed E-state index contributed by atoms with van der Waals surface area (Å²) in [4.78, 5) is 79.6. The molecule has 2 unspecified atom stereocenters. The molecule has 3 aliphatic carbocycles. The maximum atomic E-state index is 13.8. The number of rotatable bonds is 4. The van der Waals surface area contributed by atoms with E-state index < -0.39 is 64.4 Å². The first-order valence-corrected chi connectivity index (χ1v) is 12.6. The van der Waals surface area contributed by atoms with Crippen molar-refractivity contribution in [3.8, 4) is 16.2 Å². The summed E-state index contributed by atoms with van der Waals surface area (Å²) in [5, 5.41) is 23.9. The van der Waals surface area contributed by atoms with Gasteiger partial charge in [-0.15, -0.1) is 11.3 Å². The van der Waals surface area contributed by atoms with Crippen molar-refractivity contribution in [1.29, 1.82) is 0 Å². The number of nitrogens with zero attached hydrogens (tertiary/aromatic N) is 1. The van der Waals surface area contributed by atoms with Gasteiger partial charge in [-0.2, -0.15) is 0 Å². The van der Waals surface area contributed by atoms with Crippen molar-refractivity contribution in [2.75, 3.05) is 14.1 Å². The molecule has 0 radical (unpaired) electrons. The van der Waals surface area contributed by atoms with Gasteiger partial charge in [0.2, 0.25) is 5.91 Å². The van der Waals surface area contributed by atoms with Crippen LogP contribution in [0.1, 0.15) is 32.7 Å². The number of carbonyl (C=O) groups excluding carboxylic acids is 6. The van der Waals surface area contributed by atoms with Crippen LogP contribution in [0, 0.1) is 23.7 Å². The molecule has 1 aromatic heterocycles. The van der Waals surface area contributed by atoms with Crippen LogP contribution in [-0.2, 0) is 25.6 Å². The Bertz CT molecular complexity index is 1410. The highest BCUT2D eigenvalue weighted by Crippen LogP contribution is 2.52. The van der Waals surface area contributed by atoms with Crippen LogP contribution in [0.3, 0.4) is 0 Å². The van der Waals surface area contributed by atoms with E-state index in [1.54, 1.807) is 17.5 Å². The first-order valence-electron chi connectivity index (χ1n) is 11.7. The Kier molecular flexibility index (Phi) is 5.78. The van der Waals surface area contributed by atoms with E-state index in [0.29, 0.717) is 27.9 Å². The molecule has 37 heavy (non-hydrogen) atoms. The van der Waals surface area contributed by atoms with E-state index in [4.69, 9.17) is 5.73 Å². The van der Waals surface area contributed by atoms with Crippen molar-refractivity contribution in [2.45, 2.75) is 24.5 Å². The lowest BCUT2D eigenvalue weighted by Crippen LogP contribution is -2.74. The third-order valence-corrected chi connectivity index (χ3v) is 8.98. The molecule has 3 aliphatic rings. The summed E-state index contributed by atoms with van der Waals surface area (Å²) in [6.07, 6.45) is 0.786. The number of benzene rings is 1. The second-order valence-electron chi connectivity index (χ2n) is 10.1. The fourth-order valence-corrected chi connectivity index (χ4v) is 7.37. The van der Waals surface area contributed by atoms with Gasteiger partial charge in [-0.25, -0.2) is 0 Å². The van der Waals surface area contributed by atoms with Crippen LogP contribution in [0.25, 0.3) is 10.4 Å². The molecular weight excluding hydrogens is 500 g/mol. The summed E-state index contributed by atoms with van der Waals surface area (Å²) in [5.41, 5.74) is 3.89. The molecule has 2 fully saturated rings. The number of aromatic hydroxyl groups is 1. The zero-order valence-corrected chi connectivity index (χ0v) is 20.8. The highest BCUT2D eigenvalue weighted by molar-refractivity contribution is 7.14. The molecule has 1 aromatic carbocycles. The van der Waals surface area contributed by atoms with E-state index in [-0.39, 0.29) is 24.2 Å². The first kappa shape index (κ1) is 25.1. The Hall–Kier alpha value is -3.54. The van der Waals surface area contributed by atoms with Crippen LogP contribution >= 0.6 is 11.3 Å². The van der Waals surface area contributed by atoms with E-state index in [1.807, 2.05) is 0 Å². The van der Waals surface area contributed by atoms with Gasteiger partial charge in [0.05, 0.1) is 17.5 Å². The van der Waals surface area contributed by atoms with E-state index >= 15 is 0 Å². The third-order valence-electron chi connectivity index (χ3n) is 8.01. The Labute approximate surface area is 215 Å². The van der Waals surface area contributed by atoms with Crippen molar-refractivity contribution in [3.05, 3.63) is 40.3 Å². The quantitative estimate of drug-likeness (QED) is 0.378. The molecule has 5 rings (SSSR count). The van der Waals surface area contributed by atoms with Crippen molar-refractivity contribution in [2.24, 2.45) is 29.4 Å². The molecule has 0 saturated heterocycles. The van der Waals surface area contributed by atoms with Gasteiger partial charge in [0, 0.05) is 16.4 Å². The largest absolute Gasteiger partial charge is 0.507 e. The maximum absolute atomic E-state index is 13.8. The Morgan fingerprint density at radius 1 is 1.16 bits per heavy atom. The summed E-state index contributed by atoms with van der Waals surface area (Å²) in [7, 11) is 3.06. The molecule has 6 atom stereocenters. The lowest BCUT2D eigenvalue weighted by atomic mass is 9.52. The number of phenols is 1. The maximum Gasteiger partial charge on any atom is 0.235 e. The molecule has 11 heteroatoms. The van der Waals surface area contributed by atoms with Crippen molar-refractivity contribution in [1.82, 2.24) is 4.90 Å². The van der Waals surface area contributed by atoms with Gasteiger partial charge in [-0.1, -0.05) is 0 Å². The predicted molar refractivity (Wildman–Crippen MR) is 130 cm³/mol. The van der Waals surface area contributed by atoms with E-state index in [0.717, 1.165) is 0 Å². The number of fused-ring (bicyclic) bond motifs is 3. The average molecular weight is 525 g/mol. The van der Waals surface area contributed by atoms with Crippen molar-refractivity contribution in [3.63, 3.8) is 0 Å². The van der Waals surface area contributed by atoms with Crippen molar-refractivity contribution < 1.29 is 39.0 Å². The molecular formula is C26H24N2O8S. The highest BCUT2D eigenvalue weighted by Gasteiger charge is 2.69. The number of primary amides is 1. The van der Waals surface area contributed by atoms with Crippen LogP contribution in [0.2, 0.25) is 0 Å². The fourth-order valence-electron chi connectivity index (χ4n) is 6.45. The highest BCUT2D eigenvalue weighted by atomic mass is 32.1. The summed E-state index contributed by atoms with van der Waals surface area (Å²) in [6.45, 7) is 0. The molecule has 0 aliphatic heterocycles. The van der Waals surface area contributed by atoms with Gasteiger partial charge < -0.3 is 15.9 Å². The number of hydrogen-bond acceptors (Lipinski definition) is 10. The SMILES string of the molecule is CN(C)[C@@H]1C(=O)C(C(N)=O)C(=O)[C@@]2(O)C(=O)C3C(=O)c4c(O)ccc(-c5sccc5C=O)c4C[C@H]3C[C@@H]12. The Morgan fingerprint density at radius 2 is 1.86 bits per heavy atom. The Morgan fingerprint density at radius 3 is 2.49 bits per heavy atom. The summed E-state index contributed by atoms with van der Waals surface area (Å²) >= 11 is 1.29. The minimum Gasteiger partial charge on any atom is -0.507 e. The number of thiophene rings is 1. The Balaban J connectivity index is 1.67. The van der Waals surface area contributed by atoms with E-state index in [1.165, 1.54) is 36.4 Å². The zero-order chi connectivity index (χ0) is 27.0. The fraction of sp³-hybridized carbons (Fsp3) is 0.385. The minimum atomic E-state index is -2.76. The number of Topliss-reactive ketones (excluding diaryl/α,β-unsaturated/α-hetero) is 4. The standard InChI is InChI=1S/C26H24N2O8S/c1-28(2)19-14-8-11-7-13-12(22-10(9-29)5-6-37-22)3-4-15(30)17(13)20(31)16(11)23(33)26(14,36)24(34)18(21(19)32)25(27)35/h3-6,9,11,14,16,18-19,30,36H,7-8H2,1-2H3,(H2,27,35)/t11-,14-,16?,18?,19-,26-/m0/s1. The molecule has 1 amide bonds. The monoisotopic (exact) mass is 524 g/mol. The van der Waals surface area contributed by atoms with Gasteiger partial charge >= 0.3 is 0 Å². The molecule has 10 nitrogen and oxygen atoms in total. The lowest BCUT2D eigenvalue weighted by molar-refractivity contribution is -0.181. The van der Waals surface area contributed by atoms with Crippen molar-refractivity contribution >= 4 is 46.7 Å². The van der Waals surface area contributed by atoms with Crippen LogP contribution < -0.4 is 5.73 Å².